The van der Waals surface area contributed by atoms with E-state index >= 15 is 0 Å². The first-order valence-electron chi connectivity index (χ1n) is 13.8. The lowest BCUT2D eigenvalue weighted by atomic mass is 9.88. The molecule has 5 rings (SSSR count). The molecule has 4 atom stereocenters. The van der Waals surface area contributed by atoms with Crippen molar-refractivity contribution < 1.29 is 22.7 Å². The number of halogens is 1. The van der Waals surface area contributed by atoms with Gasteiger partial charge < -0.3 is 15.0 Å². The van der Waals surface area contributed by atoms with Crippen molar-refractivity contribution in [2.24, 2.45) is 17.8 Å². The number of carbonyl (C=O) groups excluding carboxylic acids is 2. The minimum Gasteiger partial charge on any atom is -0.489 e. The van der Waals surface area contributed by atoms with E-state index in [9.17, 15) is 18.0 Å². The van der Waals surface area contributed by atoms with Crippen LogP contribution in [0.15, 0.2) is 96.4 Å². The van der Waals surface area contributed by atoms with Crippen LogP contribution in [0, 0.1) is 17.8 Å². The molecule has 0 unspecified atom stereocenters. The molecule has 0 aromatic heterocycles. The Labute approximate surface area is 251 Å². The smallest absolute Gasteiger partial charge is 0.264 e. The summed E-state index contributed by atoms with van der Waals surface area (Å²) in [7, 11) is -2.29. The Balaban J connectivity index is 1.27. The van der Waals surface area contributed by atoms with Crippen LogP contribution in [0.25, 0.3) is 0 Å². The first-order valence-corrected chi connectivity index (χ1v) is 15.7. The fourth-order valence-corrected chi connectivity index (χ4v) is 6.80. The van der Waals surface area contributed by atoms with Gasteiger partial charge in [0.2, 0.25) is 5.91 Å². The van der Waals surface area contributed by atoms with E-state index in [1.165, 1.54) is 12.1 Å². The maximum absolute atomic E-state index is 13.6. The lowest BCUT2D eigenvalue weighted by Crippen LogP contribution is -2.53. The molecule has 1 aliphatic heterocycles. The molecule has 42 heavy (non-hydrogen) atoms. The quantitative estimate of drug-likeness (QED) is 0.317. The van der Waals surface area contributed by atoms with Gasteiger partial charge in [0.25, 0.3) is 15.9 Å². The van der Waals surface area contributed by atoms with Gasteiger partial charge in [0, 0.05) is 30.1 Å². The zero-order valence-corrected chi connectivity index (χ0v) is 24.9. The number of likely N-dealkylation sites (tertiary alicyclic amines) is 1. The van der Waals surface area contributed by atoms with Crippen molar-refractivity contribution in [1.29, 1.82) is 0 Å². The van der Waals surface area contributed by atoms with E-state index in [1.54, 1.807) is 18.2 Å². The molecular weight excluding hydrogens is 574 g/mol. The Morgan fingerprint density at radius 2 is 1.79 bits per heavy atom. The summed E-state index contributed by atoms with van der Waals surface area (Å²) < 4.78 is 34.5. The van der Waals surface area contributed by atoms with Crippen LogP contribution in [0.1, 0.15) is 17.5 Å². The van der Waals surface area contributed by atoms with Crippen molar-refractivity contribution >= 4 is 33.4 Å². The molecule has 1 aliphatic carbocycles. The summed E-state index contributed by atoms with van der Waals surface area (Å²) in [6.07, 6.45) is 2.53. The molecule has 1 heterocycles. The van der Waals surface area contributed by atoms with Gasteiger partial charge in [0.1, 0.15) is 17.9 Å². The van der Waals surface area contributed by atoms with Crippen LogP contribution >= 0.6 is 11.6 Å². The molecule has 0 radical (unpaired) electrons. The molecule has 220 valence electrons. The van der Waals surface area contributed by atoms with E-state index in [1.807, 2.05) is 61.6 Å². The van der Waals surface area contributed by atoms with Gasteiger partial charge in [-0.05, 0) is 61.2 Å². The van der Waals surface area contributed by atoms with E-state index in [-0.39, 0.29) is 41.6 Å². The van der Waals surface area contributed by atoms with E-state index in [2.05, 4.69) is 21.5 Å². The van der Waals surface area contributed by atoms with Crippen molar-refractivity contribution in [3.05, 3.63) is 108 Å². The topological polar surface area (TPSA) is 105 Å². The molecule has 1 saturated heterocycles. The van der Waals surface area contributed by atoms with Crippen molar-refractivity contribution in [3.63, 3.8) is 0 Å². The average molecular weight is 608 g/mol. The maximum Gasteiger partial charge on any atom is 0.264 e. The van der Waals surface area contributed by atoms with Gasteiger partial charge in [-0.25, -0.2) is 13.1 Å². The van der Waals surface area contributed by atoms with E-state index < -0.39 is 21.5 Å². The standard InChI is InChI=1S/C32H34ClN3O5S/c1-3-25-18-32(25,34-30(37)29-20-36(2)19-24(29)16-22-12-14-26(33)15-13-22)31(38)35-42(39,40)28-11-7-10-27(17-28)41-21-23-8-5-4-6-9-23/h3-15,17,24-25,29H,1,16,18-21H2,2H3,(H,34,37)(H,35,38)/t24-,25-,29-,32-/m1/s1. The van der Waals surface area contributed by atoms with Crippen molar-refractivity contribution in [2.45, 2.75) is 29.9 Å². The number of hydrogen-bond donors (Lipinski definition) is 2. The fraction of sp³-hybridized carbons (Fsp3) is 0.312. The van der Waals surface area contributed by atoms with Gasteiger partial charge in [-0.2, -0.15) is 0 Å². The first-order chi connectivity index (χ1) is 20.1. The number of benzene rings is 3. The van der Waals surface area contributed by atoms with Crippen molar-refractivity contribution in [1.82, 2.24) is 14.9 Å². The summed E-state index contributed by atoms with van der Waals surface area (Å²) in [5, 5.41) is 3.57. The number of ether oxygens (including phenoxy) is 1. The van der Waals surface area contributed by atoms with Gasteiger partial charge in [0.15, 0.2) is 0 Å². The molecule has 0 spiro atoms. The van der Waals surface area contributed by atoms with Crippen LogP contribution in [0.2, 0.25) is 5.02 Å². The Hall–Kier alpha value is -3.66. The van der Waals surface area contributed by atoms with Gasteiger partial charge in [-0.3, -0.25) is 9.59 Å². The number of rotatable bonds is 11. The number of nitrogens with zero attached hydrogens (tertiary/aromatic N) is 1. The normalized spacial score (nSPS) is 23.6. The summed E-state index contributed by atoms with van der Waals surface area (Å²) in [6.45, 7) is 5.32. The monoisotopic (exact) mass is 607 g/mol. The van der Waals surface area contributed by atoms with Gasteiger partial charge in [0.05, 0.1) is 10.8 Å². The maximum atomic E-state index is 13.6. The third kappa shape index (κ3) is 6.69. The molecular formula is C32H34ClN3O5S. The summed E-state index contributed by atoms with van der Waals surface area (Å²) in [4.78, 5) is 29.1. The predicted octanol–water partition coefficient (Wildman–Crippen LogP) is 4.21. The van der Waals surface area contributed by atoms with Crippen LogP contribution in [-0.4, -0.2) is 50.8 Å². The fourth-order valence-electron chi connectivity index (χ4n) is 5.60. The molecule has 1 saturated carbocycles. The molecule has 10 heteroatoms. The SMILES string of the molecule is C=C[C@@H]1C[C@]1(NC(=O)[C@@H]1CN(C)C[C@H]1Cc1ccc(Cl)cc1)C(=O)NS(=O)(=O)c1cccc(OCc2ccccc2)c1. The highest BCUT2D eigenvalue weighted by Gasteiger charge is 2.61. The second-order valence-corrected chi connectivity index (χ2v) is 13.2. The van der Waals surface area contributed by atoms with Gasteiger partial charge >= 0.3 is 0 Å². The lowest BCUT2D eigenvalue weighted by Gasteiger charge is -2.23. The first kappa shape index (κ1) is 29.8. The molecule has 2 fully saturated rings. The summed E-state index contributed by atoms with van der Waals surface area (Å²) >= 11 is 6.03. The number of hydrogen-bond acceptors (Lipinski definition) is 6. The molecule has 2 aliphatic rings. The largest absolute Gasteiger partial charge is 0.489 e. The average Bonchev–Trinajstić information content (AvgIpc) is 3.58. The third-order valence-corrected chi connectivity index (χ3v) is 9.59. The summed E-state index contributed by atoms with van der Waals surface area (Å²) in [5.41, 5.74) is 0.630. The minimum absolute atomic E-state index is 0.0274. The number of amides is 2. The van der Waals surface area contributed by atoms with Gasteiger partial charge in [-0.1, -0.05) is 66.2 Å². The van der Waals surface area contributed by atoms with E-state index in [4.69, 9.17) is 16.3 Å². The highest BCUT2D eigenvalue weighted by Crippen LogP contribution is 2.45. The Morgan fingerprint density at radius 3 is 2.48 bits per heavy atom. The molecule has 0 bridgehead atoms. The molecule has 3 aromatic rings. The highest BCUT2D eigenvalue weighted by atomic mass is 35.5. The Bertz CT molecular complexity index is 1560. The van der Waals surface area contributed by atoms with Crippen LogP contribution in [0.3, 0.4) is 0 Å². The molecule has 2 amide bonds. The second kappa shape index (κ2) is 12.3. The summed E-state index contributed by atoms with van der Waals surface area (Å²) in [5.74, 6) is -1.42. The Kier molecular flexibility index (Phi) is 8.73. The zero-order chi connectivity index (χ0) is 29.9. The van der Waals surface area contributed by atoms with Crippen molar-refractivity contribution in [3.8, 4) is 5.75 Å². The van der Waals surface area contributed by atoms with Crippen LogP contribution in [0.4, 0.5) is 0 Å². The lowest BCUT2D eigenvalue weighted by molar-refractivity contribution is -0.132. The Morgan fingerprint density at radius 1 is 1.05 bits per heavy atom. The minimum atomic E-state index is -4.24. The highest BCUT2D eigenvalue weighted by molar-refractivity contribution is 7.90. The number of nitrogens with one attached hydrogen (secondary N) is 2. The molecule has 2 N–H and O–H groups in total. The predicted molar refractivity (Wildman–Crippen MR) is 161 cm³/mol. The van der Waals surface area contributed by atoms with Gasteiger partial charge in [-0.15, -0.1) is 6.58 Å². The molecule has 8 nitrogen and oxygen atoms in total. The molecule has 3 aromatic carbocycles. The van der Waals surface area contributed by atoms with Crippen LogP contribution in [0.5, 0.6) is 5.75 Å². The van der Waals surface area contributed by atoms with Crippen LogP contribution < -0.4 is 14.8 Å². The van der Waals surface area contributed by atoms with E-state index in [0.29, 0.717) is 23.7 Å². The second-order valence-electron chi connectivity index (χ2n) is 11.1. The van der Waals surface area contributed by atoms with Crippen LogP contribution in [-0.2, 0) is 32.6 Å². The summed E-state index contributed by atoms with van der Waals surface area (Å²) in [6, 6.07) is 23.0. The van der Waals surface area contributed by atoms with Crippen molar-refractivity contribution in [2.75, 3.05) is 20.1 Å². The van der Waals surface area contributed by atoms with E-state index in [0.717, 1.165) is 17.7 Å². The third-order valence-electron chi connectivity index (χ3n) is 8.01. The number of sulfonamides is 1. The number of carbonyl (C=O) groups is 2. The zero-order valence-electron chi connectivity index (χ0n) is 23.3.